The maximum Gasteiger partial charge on any atom is 0.472 e. The van der Waals surface area contributed by atoms with Gasteiger partial charge in [0.2, 0.25) is 5.91 Å². The summed E-state index contributed by atoms with van der Waals surface area (Å²) in [5.41, 5.74) is 0. The molecular weight excluding hydrogens is 960 g/mol. The lowest BCUT2D eigenvalue weighted by Gasteiger charge is -2.26. The van der Waals surface area contributed by atoms with Crippen molar-refractivity contribution in [2.24, 2.45) is 0 Å². The topological polar surface area (TPSA) is 105 Å². The SMILES string of the molecule is CCCCCCCCCCCCCCCCCCCCCCCCCCCCCC(=O)NC(COP(=O)(O)OCC[N+](C)(C)C)C(O)CCCCCCCCCCCCCCCCCCCCCCCCCCCCC. The van der Waals surface area contributed by atoms with Crippen molar-refractivity contribution in [2.75, 3.05) is 40.9 Å². The molecule has 3 N–H and O–H groups in total. The molecule has 0 aliphatic rings. The van der Waals surface area contributed by atoms with Gasteiger partial charge in [0, 0.05) is 6.42 Å². The minimum absolute atomic E-state index is 0.0795. The zero-order valence-electron chi connectivity index (χ0n) is 52.3. The van der Waals surface area contributed by atoms with Gasteiger partial charge < -0.3 is 19.8 Å². The van der Waals surface area contributed by atoms with E-state index in [1.54, 1.807) is 0 Å². The fraction of sp³-hybridized carbons (Fsp3) is 0.985. The second-order valence-electron chi connectivity index (χ2n) is 25.3. The third-order valence-corrected chi connectivity index (χ3v) is 17.3. The highest BCUT2D eigenvalue weighted by molar-refractivity contribution is 7.47. The van der Waals surface area contributed by atoms with Gasteiger partial charge >= 0.3 is 7.82 Å². The number of nitrogens with zero attached hydrogens (tertiary/aromatic N) is 1. The molecule has 0 bridgehead atoms. The minimum atomic E-state index is -4.32. The van der Waals surface area contributed by atoms with Gasteiger partial charge in [-0.05, 0) is 12.8 Å². The van der Waals surface area contributed by atoms with E-state index in [4.69, 9.17) is 9.05 Å². The van der Waals surface area contributed by atoms with E-state index in [0.717, 1.165) is 38.5 Å². The summed E-state index contributed by atoms with van der Waals surface area (Å²) in [6, 6.07) is -0.757. The largest absolute Gasteiger partial charge is 0.472 e. The van der Waals surface area contributed by atoms with Gasteiger partial charge in [-0.1, -0.05) is 354 Å². The summed E-state index contributed by atoms with van der Waals surface area (Å²) in [5.74, 6) is -0.133. The number of phosphoric ester groups is 1. The summed E-state index contributed by atoms with van der Waals surface area (Å²) in [6.07, 6.45) is 73.4. The molecule has 0 aromatic rings. The standard InChI is InChI=1S/C67H137N2O6P/c1-6-8-10-12-14-16-18-20-22-24-26-28-30-32-34-36-38-40-42-44-46-48-50-52-54-56-58-60-66(70)65(64-75-76(72,73)74-63-62-69(3,4)5)68-67(71)61-59-57-55-53-51-49-47-45-43-41-39-37-35-33-31-29-27-25-23-21-19-17-15-13-11-9-7-2/h65-66,70H,6-64H2,1-5H3,(H-,68,71,72,73)/p+1. The zero-order chi connectivity index (χ0) is 55.6. The van der Waals surface area contributed by atoms with Gasteiger partial charge in [0.1, 0.15) is 13.2 Å². The van der Waals surface area contributed by atoms with Gasteiger partial charge in [0.15, 0.2) is 0 Å². The molecule has 3 unspecified atom stereocenters. The Labute approximate surface area is 476 Å². The maximum atomic E-state index is 13.1. The van der Waals surface area contributed by atoms with Crippen LogP contribution in [0.25, 0.3) is 0 Å². The molecule has 1 amide bonds. The van der Waals surface area contributed by atoms with Crippen LogP contribution in [-0.2, 0) is 18.4 Å². The van der Waals surface area contributed by atoms with Crippen molar-refractivity contribution in [3.8, 4) is 0 Å². The highest BCUT2D eigenvalue weighted by atomic mass is 31.2. The van der Waals surface area contributed by atoms with Crippen LogP contribution in [0.2, 0.25) is 0 Å². The fourth-order valence-electron chi connectivity index (χ4n) is 11.0. The number of quaternary nitrogens is 1. The van der Waals surface area contributed by atoms with E-state index < -0.39 is 20.0 Å². The first kappa shape index (κ1) is 75.5. The number of rotatable bonds is 65. The summed E-state index contributed by atoms with van der Waals surface area (Å²) >= 11 is 0. The van der Waals surface area contributed by atoms with Crippen molar-refractivity contribution in [1.82, 2.24) is 5.32 Å². The molecule has 0 fully saturated rings. The highest BCUT2D eigenvalue weighted by Crippen LogP contribution is 2.43. The molecule has 0 rings (SSSR count). The summed E-state index contributed by atoms with van der Waals surface area (Å²) in [5, 5.41) is 14.2. The number of amides is 1. The third kappa shape index (κ3) is 61.1. The molecule has 0 radical (unpaired) electrons. The molecule has 0 saturated heterocycles. The predicted molar refractivity (Wildman–Crippen MR) is 332 cm³/mol. The lowest BCUT2D eigenvalue weighted by atomic mass is 10.0. The number of likely N-dealkylation sites (N-methyl/N-ethyl adjacent to an activating group) is 1. The van der Waals surface area contributed by atoms with Gasteiger partial charge in [-0.15, -0.1) is 0 Å². The summed E-state index contributed by atoms with van der Waals surface area (Å²) < 4.78 is 23.9. The van der Waals surface area contributed by atoms with Crippen molar-refractivity contribution >= 4 is 13.7 Å². The first-order valence-corrected chi connectivity index (χ1v) is 35.9. The molecule has 0 saturated carbocycles. The quantitative estimate of drug-likeness (QED) is 0.0318. The molecule has 8 nitrogen and oxygen atoms in total. The van der Waals surface area contributed by atoms with Crippen LogP contribution in [0.15, 0.2) is 0 Å². The summed E-state index contributed by atoms with van der Waals surface area (Å²) in [7, 11) is 1.64. The van der Waals surface area contributed by atoms with E-state index in [9.17, 15) is 19.4 Å². The van der Waals surface area contributed by atoms with Crippen LogP contribution in [0.5, 0.6) is 0 Å². The predicted octanol–water partition coefficient (Wildman–Crippen LogP) is 21.6. The first-order valence-electron chi connectivity index (χ1n) is 34.4. The highest BCUT2D eigenvalue weighted by Gasteiger charge is 2.28. The van der Waals surface area contributed by atoms with Crippen LogP contribution in [0, 0.1) is 0 Å². The molecule has 3 atom stereocenters. The van der Waals surface area contributed by atoms with E-state index in [0.29, 0.717) is 23.9 Å². The fourth-order valence-corrected chi connectivity index (χ4v) is 11.7. The maximum absolute atomic E-state index is 13.1. The van der Waals surface area contributed by atoms with Crippen LogP contribution in [0.4, 0.5) is 0 Å². The van der Waals surface area contributed by atoms with Gasteiger partial charge in [-0.3, -0.25) is 13.8 Å². The molecule has 0 aliphatic heterocycles. The van der Waals surface area contributed by atoms with Crippen molar-refractivity contribution in [1.29, 1.82) is 0 Å². The molecule has 0 aromatic carbocycles. The van der Waals surface area contributed by atoms with Crippen molar-refractivity contribution in [3.05, 3.63) is 0 Å². The molecule has 456 valence electrons. The number of phosphoric acid groups is 1. The van der Waals surface area contributed by atoms with Gasteiger partial charge in [-0.2, -0.15) is 0 Å². The number of unbranched alkanes of at least 4 members (excludes halogenated alkanes) is 52. The molecule has 0 heterocycles. The number of aliphatic hydroxyl groups excluding tert-OH is 1. The normalized spacial score (nSPS) is 13.6. The zero-order valence-corrected chi connectivity index (χ0v) is 53.2. The van der Waals surface area contributed by atoms with Crippen molar-refractivity contribution in [3.63, 3.8) is 0 Å². The van der Waals surface area contributed by atoms with Crippen molar-refractivity contribution < 1.29 is 32.9 Å². The Balaban J connectivity index is 4.00. The molecule has 9 heteroatoms. The Morgan fingerprint density at radius 1 is 0.395 bits per heavy atom. The second kappa shape index (κ2) is 59.1. The average Bonchev–Trinajstić information content (AvgIpc) is 3.38. The number of nitrogens with one attached hydrogen (secondary N) is 1. The number of carbonyl (C=O) groups is 1. The second-order valence-corrected chi connectivity index (χ2v) is 26.7. The number of hydrogen-bond donors (Lipinski definition) is 3. The van der Waals surface area contributed by atoms with E-state index >= 15 is 0 Å². The lowest BCUT2D eigenvalue weighted by Crippen LogP contribution is -2.46. The van der Waals surface area contributed by atoms with Gasteiger partial charge in [0.25, 0.3) is 0 Å². The summed E-state index contributed by atoms with van der Waals surface area (Å²) in [6.45, 7) is 4.97. The van der Waals surface area contributed by atoms with Crippen LogP contribution in [-0.4, -0.2) is 73.4 Å². The third-order valence-electron chi connectivity index (χ3n) is 16.4. The van der Waals surface area contributed by atoms with Crippen molar-refractivity contribution in [2.45, 2.75) is 386 Å². The van der Waals surface area contributed by atoms with Crippen LogP contribution in [0.1, 0.15) is 373 Å². The Morgan fingerprint density at radius 2 is 0.632 bits per heavy atom. The Morgan fingerprint density at radius 3 is 0.882 bits per heavy atom. The average molecular weight is 1100 g/mol. The molecular formula is C67H138N2O6P+. The van der Waals surface area contributed by atoms with Gasteiger partial charge in [-0.25, -0.2) is 4.57 Å². The van der Waals surface area contributed by atoms with Crippen LogP contribution in [0.3, 0.4) is 0 Å². The lowest BCUT2D eigenvalue weighted by molar-refractivity contribution is -0.870. The van der Waals surface area contributed by atoms with Crippen LogP contribution >= 0.6 is 7.82 Å². The molecule has 0 spiro atoms. The van der Waals surface area contributed by atoms with E-state index in [2.05, 4.69) is 19.2 Å². The number of carbonyl (C=O) groups excluding carboxylic acids is 1. The van der Waals surface area contributed by atoms with Gasteiger partial charge in [0.05, 0.1) is 39.9 Å². The monoisotopic (exact) mass is 1100 g/mol. The minimum Gasteiger partial charge on any atom is -0.391 e. The van der Waals surface area contributed by atoms with E-state index in [1.807, 2.05) is 21.1 Å². The van der Waals surface area contributed by atoms with E-state index in [1.165, 1.54) is 308 Å². The Kier molecular flexibility index (Phi) is 58.7. The molecule has 0 aromatic heterocycles. The smallest absolute Gasteiger partial charge is 0.391 e. The Bertz CT molecular complexity index is 1200. The van der Waals surface area contributed by atoms with E-state index in [-0.39, 0.29) is 19.1 Å². The Hall–Kier alpha value is -0.500. The molecule has 0 aliphatic carbocycles. The molecule has 76 heavy (non-hydrogen) atoms. The van der Waals surface area contributed by atoms with Crippen LogP contribution < -0.4 is 5.32 Å². The number of hydrogen-bond acceptors (Lipinski definition) is 5. The first-order chi connectivity index (χ1) is 37.0. The number of aliphatic hydroxyl groups is 1. The summed E-state index contributed by atoms with van der Waals surface area (Å²) in [4.78, 5) is 23.4.